The van der Waals surface area contributed by atoms with Crippen LogP contribution >= 0.6 is 0 Å². The SMILES string of the molecule is CCNC(C)(CC(C)OCCOC)C(=O)OCC. The van der Waals surface area contributed by atoms with E-state index in [0.29, 0.717) is 32.8 Å². The molecule has 0 aliphatic carbocycles. The van der Waals surface area contributed by atoms with Gasteiger partial charge in [-0.15, -0.1) is 0 Å². The first-order chi connectivity index (χ1) is 8.50. The van der Waals surface area contributed by atoms with Gasteiger partial charge >= 0.3 is 5.97 Å². The molecule has 0 aromatic heterocycles. The van der Waals surface area contributed by atoms with Crippen LogP contribution in [0.4, 0.5) is 0 Å². The monoisotopic (exact) mass is 261 g/mol. The Labute approximate surface area is 110 Å². The van der Waals surface area contributed by atoms with Gasteiger partial charge in [0.25, 0.3) is 0 Å². The second kappa shape index (κ2) is 9.30. The highest BCUT2D eigenvalue weighted by atomic mass is 16.5. The third kappa shape index (κ3) is 6.33. The first-order valence-corrected chi connectivity index (χ1v) is 6.53. The van der Waals surface area contributed by atoms with E-state index >= 15 is 0 Å². The number of hydrogen-bond acceptors (Lipinski definition) is 5. The Balaban J connectivity index is 4.35. The summed E-state index contributed by atoms with van der Waals surface area (Å²) in [5.41, 5.74) is -0.697. The molecule has 18 heavy (non-hydrogen) atoms. The minimum atomic E-state index is -0.697. The van der Waals surface area contributed by atoms with Crippen molar-refractivity contribution in [3.05, 3.63) is 0 Å². The fraction of sp³-hybridized carbons (Fsp3) is 0.923. The van der Waals surface area contributed by atoms with E-state index in [1.807, 2.05) is 27.7 Å². The Bertz CT molecular complexity index is 235. The number of rotatable bonds is 10. The molecule has 0 amide bonds. The van der Waals surface area contributed by atoms with E-state index in [2.05, 4.69) is 5.32 Å². The molecule has 5 nitrogen and oxygen atoms in total. The molecule has 108 valence electrons. The van der Waals surface area contributed by atoms with Crippen molar-refractivity contribution in [2.24, 2.45) is 0 Å². The van der Waals surface area contributed by atoms with Crippen LogP contribution in [0.2, 0.25) is 0 Å². The van der Waals surface area contributed by atoms with Crippen molar-refractivity contribution in [3.8, 4) is 0 Å². The van der Waals surface area contributed by atoms with Gasteiger partial charge in [-0.3, -0.25) is 4.79 Å². The quantitative estimate of drug-likeness (QED) is 0.475. The van der Waals surface area contributed by atoms with Gasteiger partial charge in [-0.25, -0.2) is 0 Å². The smallest absolute Gasteiger partial charge is 0.326 e. The van der Waals surface area contributed by atoms with Crippen LogP contribution in [-0.2, 0) is 19.0 Å². The Morgan fingerprint density at radius 1 is 1.33 bits per heavy atom. The van der Waals surface area contributed by atoms with Crippen LogP contribution in [0.25, 0.3) is 0 Å². The summed E-state index contributed by atoms with van der Waals surface area (Å²) < 4.78 is 15.6. The van der Waals surface area contributed by atoms with Crippen molar-refractivity contribution in [2.75, 3.05) is 33.5 Å². The van der Waals surface area contributed by atoms with Gasteiger partial charge in [0, 0.05) is 13.5 Å². The van der Waals surface area contributed by atoms with Gasteiger partial charge in [-0.2, -0.15) is 0 Å². The van der Waals surface area contributed by atoms with E-state index in [4.69, 9.17) is 14.2 Å². The maximum absolute atomic E-state index is 12.0. The third-order valence-electron chi connectivity index (χ3n) is 2.68. The Kier molecular flexibility index (Phi) is 8.97. The van der Waals surface area contributed by atoms with E-state index in [9.17, 15) is 4.79 Å². The minimum absolute atomic E-state index is 0.0337. The predicted octanol–water partition coefficient (Wildman–Crippen LogP) is 1.36. The average Bonchev–Trinajstić information content (AvgIpc) is 2.29. The molecule has 5 heteroatoms. The van der Waals surface area contributed by atoms with Gasteiger partial charge in [0.05, 0.1) is 25.9 Å². The molecule has 0 fully saturated rings. The molecule has 0 heterocycles. The van der Waals surface area contributed by atoms with Gasteiger partial charge in [-0.1, -0.05) is 6.92 Å². The lowest BCUT2D eigenvalue weighted by molar-refractivity contribution is -0.152. The first kappa shape index (κ1) is 17.4. The van der Waals surface area contributed by atoms with Crippen LogP contribution in [-0.4, -0.2) is 51.1 Å². The van der Waals surface area contributed by atoms with E-state index < -0.39 is 5.54 Å². The highest BCUT2D eigenvalue weighted by Gasteiger charge is 2.35. The highest BCUT2D eigenvalue weighted by Crippen LogP contribution is 2.16. The van der Waals surface area contributed by atoms with Gasteiger partial charge in [-0.05, 0) is 27.3 Å². The molecule has 2 atom stereocenters. The zero-order chi connectivity index (χ0) is 14.0. The second-order valence-corrected chi connectivity index (χ2v) is 4.46. The van der Waals surface area contributed by atoms with Gasteiger partial charge in [0.15, 0.2) is 0 Å². The number of hydrogen-bond donors (Lipinski definition) is 1. The number of likely N-dealkylation sites (N-methyl/N-ethyl adjacent to an activating group) is 1. The summed E-state index contributed by atoms with van der Waals surface area (Å²) in [6, 6.07) is 0. The molecule has 1 N–H and O–H groups in total. The fourth-order valence-corrected chi connectivity index (χ4v) is 1.87. The molecule has 2 unspecified atom stereocenters. The van der Waals surface area contributed by atoms with Crippen molar-refractivity contribution >= 4 is 5.97 Å². The maximum Gasteiger partial charge on any atom is 0.326 e. The molecule has 0 rings (SSSR count). The largest absolute Gasteiger partial charge is 0.465 e. The third-order valence-corrected chi connectivity index (χ3v) is 2.68. The maximum atomic E-state index is 12.0. The van der Waals surface area contributed by atoms with Gasteiger partial charge in [0.2, 0.25) is 0 Å². The predicted molar refractivity (Wildman–Crippen MR) is 70.6 cm³/mol. The fourth-order valence-electron chi connectivity index (χ4n) is 1.87. The molecule has 0 spiro atoms. The van der Waals surface area contributed by atoms with Crippen LogP contribution in [0.5, 0.6) is 0 Å². The molecule has 0 aromatic rings. The van der Waals surface area contributed by atoms with E-state index in [1.54, 1.807) is 7.11 Å². The van der Waals surface area contributed by atoms with Crippen LogP contribution in [0.15, 0.2) is 0 Å². The lowest BCUT2D eigenvalue weighted by Gasteiger charge is -2.30. The summed E-state index contributed by atoms with van der Waals surface area (Å²) in [5, 5.41) is 3.18. The molecular formula is C13H27NO4. The number of carbonyl (C=O) groups excluding carboxylic acids is 1. The molecule has 0 aromatic carbocycles. The zero-order valence-corrected chi connectivity index (χ0v) is 12.2. The number of esters is 1. The lowest BCUT2D eigenvalue weighted by Crippen LogP contribution is -2.52. The van der Waals surface area contributed by atoms with Crippen LogP contribution < -0.4 is 5.32 Å². The first-order valence-electron chi connectivity index (χ1n) is 6.53. The molecule has 0 aliphatic rings. The molecule has 0 saturated carbocycles. The van der Waals surface area contributed by atoms with Crippen molar-refractivity contribution in [1.82, 2.24) is 5.32 Å². The number of carbonyl (C=O) groups is 1. The number of methoxy groups -OCH3 is 1. The Morgan fingerprint density at radius 2 is 2.00 bits per heavy atom. The van der Waals surface area contributed by atoms with Crippen LogP contribution in [0, 0.1) is 0 Å². The molecule has 0 saturated heterocycles. The normalized spacial score (nSPS) is 16.1. The Hall–Kier alpha value is -0.650. The van der Waals surface area contributed by atoms with Crippen LogP contribution in [0.3, 0.4) is 0 Å². The zero-order valence-electron chi connectivity index (χ0n) is 12.2. The number of ether oxygens (including phenoxy) is 3. The van der Waals surface area contributed by atoms with E-state index in [-0.39, 0.29) is 12.1 Å². The Morgan fingerprint density at radius 3 is 2.50 bits per heavy atom. The van der Waals surface area contributed by atoms with Gasteiger partial charge in [0.1, 0.15) is 5.54 Å². The summed E-state index contributed by atoms with van der Waals surface area (Å²) >= 11 is 0. The summed E-state index contributed by atoms with van der Waals surface area (Å²) in [4.78, 5) is 12.0. The average molecular weight is 261 g/mol. The second-order valence-electron chi connectivity index (χ2n) is 4.46. The van der Waals surface area contributed by atoms with Crippen molar-refractivity contribution in [1.29, 1.82) is 0 Å². The summed E-state index contributed by atoms with van der Waals surface area (Å²) in [5.74, 6) is -0.228. The molecule has 0 aliphatic heterocycles. The van der Waals surface area contributed by atoms with Crippen molar-refractivity contribution in [3.63, 3.8) is 0 Å². The minimum Gasteiger partial charge on any atom is -0.465 e. The lowest BCUT2D eigenvalue weighted by atomic mass is 9.94. The standard InChI is InChI=1S/C13H27NO4/c1-6-14-13(4,12(15)17-7-2)10-11(3)18-9-8-16-5/h11,14H,6-10H2,1-5H3. The topological polar surface area (TPSA) is 56.8 Å². The summed E-state index contributed by atoms with van der Waals surface area (Å²) in [6.07, 6.45) is 0.539. The molecule has 0 radical (unpaired) electrons. The summed E-state index contributed by atoms with van der Waals surface area (Å²) in [6.45, 7) is 9.76. The van der Waals surface area contributed by atoms with E-state index in [1.165, 1.54) is 0 Å². The van der Waals surface area contributed by atoms with Crippen molar-refractivity contribution in [2.45, 2.75) is 45.8 Å². The van der Waals surface area contributed by atoms with Gasteiger partial charge < -0.3 is 19.5 Å². The van der Waals surface area contributed by atoms with Crippen molar-refractivity contribution < 1.29 is 19.0 Å². The highest BCUT2D eigenvalue weighted by molar-refractivity contribution is 5.80. The summed E-state index contributed by atoms with van der Waals surface area (Å²) in [7, 11) is 1.63. The van der Waals surface area contributed by atoms with E-state index in [0.717, 1.165) is 0 Å². The van der Waals surface area contributed by atoms with Crippen LogP contribution in [0.1, 0.15) is 34.1 Å². The molecule has 0 bridgehead atoms. The molecular weight excluding hydrogens is 234 g/mol. The number of nitrogens with one attached hydrogen (secondary N) is 1.